The summed E-state index contributed by atoms with van der Waals surface area (Å²) in [5.41, 5.74) is 1.86. The van der Waals surface area contributed by atoms with Crippen LogP contribution in [0, 0.1) is 0 Å². The standard InChI is InChI=1S/C14H12N2OS/c1-16-9-11(10-4-2-3-5-12(10)16)13(17)8-14-15-6-7-18-14/h2-7,9H,8H2,1H3. The molecule has 2 aromatic heterocycles. The first-order chi connectivity index (χ1) is 8.75. The van der Waals surface area contributed by atoms with E-state index in [4.69, 9.17) is 0 Å². The minimum atomic E-state index is 0.127. The van der Waals surface area contributed by atoms with E-state index in [1.165, 1.54) is 11.3 Å². The predicted octanol–water partition coefficient (Wildman–Crippen LogP) is 3.06. The molecule has 3 rings (SSSR count). The summed E-state index contributed by atoms with van der Waals surface area (Å²) in [6.45, 7) is 0. The van der Waals surface area contributed by atoms with E-state index in [-0.39, 0.29) is 5.78 Å². The van der Waals surface area contributed by atoms with Crippen LogP contribution in [-0.2, 0) is 13.5 Å². The summed E-state index contributed by atoms with van der Waals surface area (Å²) in [4.78, 5) is 16.5. The fraction of sp³-hybridized carbons (Fsp3) is 0.143. The predicted molar refractivity (Wildman–Crippen MR) is 73.1 cm³/mol. The highest BCUT2D eigenvalue weighted by Crippen LogP contribution is 2.22. The number of ketones is 1. The number of rotatable bonds is 3. The van der Waals surface area contributed by atoms with Gasteiger partial charge in [-0.2, -0.15) is 0 Å². The monoisotopic (exact) mass is 256 g/mol. The van der Waals surface area contributed by atoms with Gasteiger partial charge < -0.3 is 4.57 Å². The number of carbonyl (C=O) groups is 1. The number of thiazole rings is 1. The molecule has 0 aliphatic carbocycles. The van der Waals surface area contributed by atoms with Crippen molar-refractivity contribution in [3.05, 3.63) is 52.6 Å². The zero-order valence-corrected chi connectivity index (χ0v) is 10.8. The number of hydrogen-bond donors (Lipinski definition) is 0. The van der Waals surface area contributed by atoms with Crippen LogP contribution in [0.2, 0.25) is 0 Å². The van der Waals surface area contributed by atoms with Gasteiger partial charge in [-0.3, -0.25) is 4.79 Å². The van der Waals surface area contributed by atoms with Gasteiger partial charge in [0, 0.05) is 41.3 Å². The van der Waals surface area contributed by atoms with Gasteiger partial charge in [0.25, 0.3) is 0 Å². The van der Waals surface area contributed by atoms with Gasteiger partial charge in [0.1, 0.15) is 5.01 Å². The molecule has 2 heterocycles. The van der Waals surface area contributed by atoms with Crippen molar-refractivity contribution < 1.29 is 4.79 Å². The molecule has 18 heavy (non-hydrogen) atoms. The van der Waals surface area contributed by atoms with Crippen molar-refractivity contribution in [3.8, 4) is 0 Å². The molecule has 0 aliphatic heterocycles. The second-order valence-corrected chi connectivity index (χ2v) is 5.18. The molecule has 0 radical (unpaired) electrons. The van der Waals surface area contributed by atoms with Gasteiger partial charge in [-0.05, 0) is 6.07 Å². The van der Waals surface area contributed by atoms with E-state index in [0.717, 1.165) is 21.5 Å². The minimum absolute atomic E-state index is 0.127. The molecule has 0 saturated carbocycles. The third-order valence-electron chi connectivity index (χ3n) is 2.99. The molecule has 0 atom stereocenters. The Morgan fingerprint density at radius 2 is 2.22 bits per heavy atom. The maximum absolute atomic E-state index is 12.3. The first-order valence-corrected chi connectivity index (χ1v) is 6.59. The number of nitrogens with zero attached hydrogens (tertiary/aromatic N) is 2. The van der Waals surface area contributed by atoms with Gasteiger partial charge in [-0.15, -0.1) is 11.3 Å². The van der Waals surface area contributed by atoms with Gasteiger partial charge >= 0.3 is 0 Å². The molecule has 0 spiro atoms. The Bertz CT molecular complexity index is 698. The lowest BCUT2D eigenvalue weighted by molar-refractivity contribution is 0.0994. The molecule has 0 aliphatic rings. The second kappa shape index (κ2) is 4.38. The third kappa shape index (κ3) is 1.84. The largest absolute Gasteiger partial charge is 0.350 e. The number of fused-ring (bicyclic) bond motifs is 1. The second-order valence-electron chi connectivity index (χ2n) is 4.20. The Hall–Kier alpha value is -1.94. The third-order valence-corrected chi connectivity index (χ3v) is 3.77. The zero-order valence-electron chi connectivity index (χ0n) is 9.96. The lowest BCUT2D eigenvalue weighted by Gasteiger charge is -1.96. The fourth-order valence-electron chi connectivity index (χ4n) is 2.14. The highest BCUT2D eigenvalue weighted by atomic mass is 32.1. The summed E-state index contributed by atoms with van der Waals surface area (Å²) in [7, 11) is 1.96. The average Bonchev–Trinajstić information content (AvgIpc) is 2.98. The Morgan fingerprint density at radius 3 is 3.00 bits per heavy atom. The average molecular weight is 256 g/mol. The van der Waals surface area contributed by atoms with Gasteiger partial charge in [0.2, 0.25) is 0 Å². The molecular weight excluding hydrogens is 244 g/mol. The number of carbonyl (C=O) groups excluding carboxylic acids is 1. The van der Waals surface area contributed by atoms with Crippen LogP contribution in [-0.4, -0.2) is 15.3 Å². The highest BCUT2D eigenvalue weighted by Gasteiger charge is 2.14. The summed E-state index contributed by atoms with van der Waals surface area (Å²) >= 11 is 1.52. The molecule has 0 fully saturated rings. The minimum Gasteiger partial charge on any atom is -0.350 e. The maximum Gasteiger partial charge on any atom is 0.171 e. The van der Waals surface area contributed by atoms with Crippen LogP contribution in [0.4, 0.5) is 0 Å². The summed E-state index contributed by atoms with van der Waals surface area (Å²) in [6.07, 6.45) is 4.02. The highest BCUT2D eigenvalue weighted by molar-refractivity contribution is 7.09. The van der Waals surface area contributed by atoms with Crippen molar-refractivity contribution in [3.63, 3.8) is 0 Å². The smallest absolute Gasteiger partial charge is 0.171 e. The molecule has 0 bridgehead atoms. The van der Waals surface area contributed by atoms with Crippen molar-refractivity contribution in [1.82, 2.24) is 9.55 Å². The maximum atomic E-state index is 12.3. The van der Waals surface area contributed by atoms with Gasteiger partial charge in [-0.1, -0.05) is 18.2 Å². The van der Waals surface area contributed by atoms with Crippen molar-refractivity contribution in [1.29, 1.82) is 0 Å². The van der Waals surface area contributed by atoms with Crippen LogP contribution in [0.15, 0.2) is 42.0 Å². The quantitative estimate of drug-likeness (QED) is 0.675. The number of para-hydroxylation sites is 1. The molecule has 3 nitrogen and oxygen atoms in total. The Morgan fingerprint density at radius 1 is 1.39 bits per heavy atom. The van der Waals surface area contributed by atoms with Crippen LogP contribution in [0.5, 0.6) is 0 Å². The molecule has 3 aromatic rings. The lowest BCUT2D eigenvalue weighted by atomic mass is 10.1. The van der Waals surface area contributed by atoms with Crippen molar-refractivity contribution in [2.24, 2.45) is 7.05 Å². The number of aromatic nitrogens is 2. The van der Waals surface area contributed by atoms with E-state index in [2.05, 4.69) is 4.98 Å². The summed E-state index contributed by atoms with van der Waals surface area (Å²) < 4.78 is 1.99. The lowest BCUT2D eigenvalue weighted by Crippen LogP contribution is -2.02. The molecular formula is C14H12N2OS. The summed E-state index contributed by atoms with van der Waals surface area (Å²) in [6, 6.07) is 7.96. The van der Waals surface area contributed by atoms with E-state index >= 15 is 0 Å². The number of aryl methyl sites for hydroxylation is 1. The fourth-order valence-corrected chi connectivity index (χ4v) is 2.75. The van der Waals surface area contributed by atoms with Gasteiger partial charge in [-0.25, -0.2) is 4.98 Å². The number of hydrogen-bond acceptors (Lipinski definition) is 3. The van der Waals surface area contributed by atoms with E-state index in [9.17, 15) is 4.79 Å². The van der Waals surface area contributed by atoms with Crippen LogP contribution in [0.1, 0.15) is 15.4 Å². The molecule has 90 valence electrons. The molecule has 0 N–H and O–H groups in total. The SMILES string of the molecule is Cn1cc(C(=O)Cc2nccs2)c2ccccc21. The van der Waals surface area contributed by atoms with Crippen molar-refractivity contribution in [2.75, 3.05) is 0 Å². The first-order valence-electron chi connectivity index (χ1n) is 5.71. The van der Waals surface area contributed by atoms with E-state index in [1.807, 2.05) is 47.5 Å². The number of Topliss-reactive ketones (excluding diaryl/α,β-unsaturated/α-hetero) is 1. The van der Waals surface area contributed by atoms with Crippen LogP contribution in [0.25, 0.3) is 10.9 Å². The van der Waals surface area contributed by atoms with Crippen LogP contribution >= 0.6 is 11.3 Å². The van der Waals surface area contributed by atoms with E-state index in [1.54, 1.807) is 6.20 Å². The van der Waals surface area contributed by atoms with E-state index < -0.39 is 0 Å². The molecule has 0 saturated heterocycles. The Labute approximate surface area is 109 Å². The van der Waals surface area contributed by atoms with Crippen LogP contribution < -0.4 is 0 Å². The Balaban J connectivity index is 2.01. The molecule has 0 unspecified atom stereocenters. The van der Waals surface area contributed by atoms with E-state index in [0.29, 0.717) is 6.42 Å². The number of benzene rings is 1. The molecule has 1 aromatic carbocycles. The summed E-state index contributed by atoms with van der Waals surface area (Å²) in [5, 5.41) is 3.78. The Kier molecular flexibility index (Phi) is 2.72. The summed E-state index contributed by atoms with van der Waals surface area (Å²) in [5.74, 6) is 0.127. The van der Waals surface area contributed by atoms with Crippen LogP contribution in [0.3, 0.4) is 0 Å². The zero-order chi connectivity index (χ0) is 12.5. The van der Waals surface area contributed by atoms with Crippen molar-refractivity contribution >= 4 is 28.0 Å². The molecule has 4 heteroatoms. The topological polar surface area (TPSA) is 34.9 Å². The first kappa shape index (κ1) is 11.2. The molecule has 0 amide bonds. The van der Waals surface area contributed by atoms with Crippen molar-refractivity contribution in [2.45, 2.75) is 6.42 Å². The van der Waals surface area contributed by atoms with Gasteiger partial charge in [0.05, 0.1) is 6.42 Å². The van der Waals surface area contributed by atoms with Gasteiger partial charge in [0.15, 0.2) is 5.78 Å². The normalized spacial score (nSPS) is 10.9.